The lowest BCUT2D eigenvalue weighted by atomic mass is 9.71. The first-order valence-corrected chi connectivity index (χ1v) is 14.7. The van der Waals surface area contributed by atoms with Gasteiger partial charge < -0.3 is 9.64 Å². The number of anilines is 1. The van der Waals surface area contributed by atoms with Crippen molar-refractivity contribution in [3.05, 3.63) is 53.3 Å². The normalized spacial score (nSPS) is 32.8. The minimum atomic E-state index is -0.672. The summed E-state index contributed by atoms with van der Waals surface area (Å²) in [6.07, 6.45) is 18.8. The molecule has 0 N–H and O–H groups in total. The Kier molecular flexibility index (Phi) is 6.99. The predicted octanol–water partition coefficient (Wildman–Crippen LogP) is 7.32. The van der Waals surface area contributed by atoms with E-state index in [2.05, 4.69) is 46.3 Å². The second kappa shape index (κ2) is 10.4. The number of amides is 1. The standard InChI is InChI=1S/C31H39ClN2O2/c32-29-16-7-4-10-22(11-8-9-17-33-29)20-34-27-15-6-5-14-25(27)31(30(34)35)21-36-28-19-24-13-3-1-2-12-23(24)18-26(28)31/h5-6,14-15,18-19,22-24H,1-4,7-13,16-17,20-21H2. The molecule has 1 saturated heterocycles. The highest BCUT2D eigenvalue weighted by Crippen LogP contribution is 2.55. The van der Waals surface area contributed by atoms with Crippen LogP contribution < -0.4 is 4.90 Å². The van der Waals surface area contributed by atoms with Crippen LogP contribution in [0, 0.1) is 17.8 Å². The minimum absolute atomic E-state index is 0.228. The molecule has 36 heavy (non-hydrogen) atoms. The molecular weight excluding hydrogens is 468 g/mol. The maximum Gasteiger partial charge on any atom is 0.245 e. The van der Waals surface area contributed by atoms with Gasteiger partial charge >= 0.3 is 0 Å². The number of fused-ring (bicyclic) bond motifs is 5. The Morgan fingerprint density at radius 1 is 0.944 bits per heavy atom. The number of carbonyl (C=O) groups is 1. The number of para-hydroxylation sites is 1. The van der Waals surface area contributed by atoms with Crippen LogP contribution in [-0.2, 0) is 14.9 Å². The van der Waals surface area contributed by atoms with Gasteiger partial charge in [0.05, 0.1) is 0 Å². The summed E-state index contributed by atoms with van der Waals surface area (Å²) in [6, 6.07) is 8.50. The molecule has 0 aromatic heterocycles. The summed E-state index contributed by atoms with van der Waals surface area (Å²) < 4.78 is 6.36. The van der Waals surface area contributed by atoms with Gasteiger partial charge in [-0.15, -0.1) is 0 Å². The summed E-state index contributed by atoms with van der Waals surface area (Å²) in [7, 11) is 0. The van der Waals surface area contributed by atoms with Crippen LogP contribution in [0.25, 0.3) is 0 Å². The summed E-state index contributed by atoms with van der Waals surface area (Å²) in [4.78, 5) is 21.1. The maximum atomic E-state index is 14.5. The summed E-state index contributed by atoms with van der Waals surface area (Å²) in [5.41, 5.74) is 2.72. The van der Waals surface area contributed by atoms with Crippen LogP contribution in [0.4, 0.5) is 5.69 Å². The van der Waals surface area contributed by atoms with E-state index in [1.54, 1.807) is 0 Å². The average Bonchev–Trinajstić information content (AvgIpc) is 3.22. The molecule has 2 fully saturated rings. The summed E-state index contributed by atoms with van der Waals surface area (Å²) in [5.74, 6) is 2.81. The second-order valence-electron chi connectivity index (χ2n) is 11.6. The Morgan fingerprint density at radius 2 is 1.69 bits per heavy atom. The van der Waals surface area contributed by atoms with Crippen molar-refractivity contribution < 1.29 is 9.53 Å². The molecule has 4 atom stereocenters. The minimum Gasteiger partial charge on any atom is -0.492 e. The molecule has 1 spiro atoms. The summed E-state index contributed by atoms with van der Waals surface area (Å²) in [6.45, 7) is 2.06. The molecule has 5 heteroatoms. The average molecular weight is 507 g/mol. The lowest BCUT2D eigenvalue weighted by molar-refractivity contribution is -0.122. The molecule has 3 heterocycles. The Balaban J connectivity index is 1.28. The monoisotopic (exact) mass is 506 g/mol. The van der Waals surface area contributed by atoms with Gasteiger partial charge in [0.25, 0.3) is 0 Å². The van der Waals surface area contributed by atoms with Gasteiger partial charge in [-0.3, -0.25) is 9.79 Å². The number of hydrogen-bond acceptors (Lipinski definition) is 3. The Bertz CT molecular complexity index is 1090. The van der Waals surface area contributed by atoms with Crippen LogP contribution in [-0.4, -0.2) is 30.8 Å². The fraction of sp³-hybridized carbons (Fsp3) is 0.613. The fourth-order valence-corrected chi connectivity index (χ4v) is 7.54. The van der Waals surface area contributed by atoms with Crippen molar-refractivity contribution in [1.29, 1.82) is 0 Å². The van der Waals surface area contributed by atoms with Gasteiger partial charge in [-0.05, 0) is 74.0 Å². The van der Waals surface area contributed by atoms with Crippen LogP contribution in [0.3, 0.4) is 0 Å². The van der Waals surface area contributed by atoms with E-state index in [-0.39, 0.29) is 5.91 Å². The smallest absolute Gasteiger partial charge is 0.245 e. The van der Waals surface area contributed by atoms with E-state index in [0.717, 1.165) is 85.8 Å². The van der Waals surface area contributed by atoms with Crippen LogP contribution >= 0.6 is 11.6 Å². The second-order valence-corrected chi connectivity index (χ2v) is 12.0. The topological polar surface area (TPSA) is 41.9 Å². The first kappa shape index (κ1) is 24.3. The third-order valence-corrected chi connectivity index (χ3v) is 9.60. The van der Waals surface area contributed by atoms with Crippen LogP contribution in [0.1, 0.15) is 82.6 Å². The molecule has 4 unspecified atom stereocenters. The number of hydrogen-bond donors (Lipinski definition) is 0. The van der Waals surface area contributed by atoms with Gasteiger partial charge in [0.15, 0.2) is 0 Å². The lowest BCUT2D eigenvalue weighted by Crippen LogP contribution is -2.44. The van der Waals surface area contributed by atoms with Crippen LogP contribution in [0.15, 0.2) is 52.7 Å². The maximum absolute atomic E-state index is 14.5. The number of nitrogens with zero attached hydrogens (tertiary/aromatic N) is 2. The summed E-state index contributed by atoms with van der Waals surface area (Å²) >= 11 is 6.27. The van der Waals surface area contributed by atoms with E-state index in [0.29, 0.717) is 24.4 Å². The Morgan fingerprint density at radius 3 is 2.56 bits per heavy atom. The van der Waals surface area contributed by atoms with Crippen LogP contribution in [0.2, 0.25) is 0 Å². The van der Waals surface area contributed by atoms with E-state index in [4.69, 9.17) is 16.3 Å². The van der Waals surface area contributed by atoms with Crippen molar-refractivity contribution in [1.82, 2.24) is 0 Å². The van der Waals surface area contributed by atoms with Gasteiger partial charge in [0.1, 0.15) is 23.0 Å². The molecule has 3 aliphatic heterocycles. The molecule has 5 aliphatic rings. The Hall–Kier alpha value is -2.07. The number of ether oxygens (including phenoxy) is 1. The van der Waals surface area contributed by atoms with Gasteiger partial charge in [-0.1, -0.05) is 68.0 Å². The van der Waals surface area contributed by atoms with Gasteiger partial charge in [0.2, 0.25) is 5.91 Å². The largest absolute Gasteiger partial charge is 0.492 e. The van der Waals surface area contributed by atoms with Gasteiger partial charge in [-0.25, -0.2) is 0 Å². The van der Waals surface area contributed by atoms with E-state index >= 15 is 0 Å². The molecule has 6 rings (SSSR count). The van der Waals surface area contributed by atoms with Crippen LogP contribution in [0.5, 0.6) is 0 Å². The van der Waals surface area contributed by atoms with E-state index in [1.807, 2.05) is 0 Å². The molecule has 1 amide bonds. The van der Waals surface area contributed by atoms with E-state index in [9.17, 15) is 4.79 Å². The number of carbonyl (C=O) groups excluding carboxylic acids is 1. The first-order valence-electron chi connectivity index (χ1n) is 14.3. The molecule has 0 bridgehead atoms. The molecule has 0 radical (unpaired) electrons. The highest BCUT2D eigenvalue weighted by molar-refractivity contribution is 6.65. The third-order valence-electron chi connectivity index (χ3n) is 9.30. The van der Waals surface area contributed by atoms with E-state index in [1.165, 1.54) is 32.1 Å². The molecule has 4 nitrogen and oxygen atoms in total. The predicted molar refractivity (Wildman–Crippen MR) is 147 cm³/mol. The number of rotatable bonds is 2. The zero-order valence-electron chi connectivity index (χ0n) is 21.4. The summed E-state index contributed by atoms with van der Waals surface area (Å²) in [5, 5.41) is 0.779. The highest BCUT2D eigenvalue weighted by atomic mass is 35.5. The van der Waals surface area contributed by atoms with Gasteiger partial charge in [-0.2, -0.15) is 0 Å². The zero-order valence-corrected chi connectivity index (χ0v) is 22.1. The molecule has 1 aromatic rings. The van der Waals surface area contributed by atoms with Crippen molar-refractivity contribution in [3.8, 4) is 0 Å². The van der Waals surface area contributed by atoms with Crippen molar-refractivity contribution >= 4 is 28.4 Å². The quantitative estimate of drug-likeness (QED) is 0.421. The van der Waals surface area contributed by atoms with Crippen molar-refractivity contribution in [2.24, 2.45) is 22.7 Å². The molecule has 192 valence electrons. The van der Waals surface area contributed by atoms with Gasteiger partial charge in [0, 0.05) is 30.8 Å². The zero-order chi connectivity index (χ0) is 24.5. The third kappa shape index (κ3) is 4.34. The molecule has 1 saturated carbocycles. The van der Waals surface area contributed by atoms with Crippen molar-refractivity contribution in [2.75, 3.05) is 24.6 Å². The number of halogens is 1. The lowest BCUT2D eigenvalue weighted by Gasteiger charge is -2.30. The molecular formula is C31H39ClN2O2. The molecule has 2 aliphatic carbocycles. The van der Waals surface area contributed by atoms with E-state index < -0.39 is 5.41 Å². The number of aliphatic imine (C=N–C) groups is 1. The SMILES string of the molecule is O=C1N(CC2CCCCN=C(Cl)CCCC2)c2ccccc2C12COC1=CC3CCCCCC3C=C12. The highest BCUT2D eigenvalue weighted by Gasteiger charge is 2.59. The number of benzene rings is 1. The number of allylic oxidation sites excluding steroid dienone is 3. The van der Waals surface area contributed by atoms with Crippen molar-refractivity contribution in [3.63, 3.8) is 0 Å². The molecule has 1 aromatic carbocycles. The van der Waals surface area contributed by atoms with Crippen molar-refractivity contribution in [2.45, 2.75) is 82.5 Å². The Labute approximate surface area is 220 Å². The first-order chi connectivity index (χ1) is 17.7. The fourth-order valence-electron chi connectivity index (χ4n) is 7.32.